The first-order valence-electron chi connectivity index (χ1n) is 6.43. The van der Waals surface area contributed by atoms with Gasteiger partial charge in [0.2, 0.25) is 0 Å². The average molecular weight is 257 g/mol. The molecule has 0 amide bonds. The minimum atomic E-state index is -4.23. The Morgan fingerprint density at radius 2 is 1.83 bits per heavy atom. The summed E-state index contributed by atoms with van der Waals surface area (Å²) in [6.07, 6.45) is -0.710. The predicted octanol–water partition coefficient (Wildman–Crippen LogP) is 3.56. The molecule has 2 rings (SSSR count). The number of halogens is 3. The molecule has 1 N–H and O–H groups in total. The van der Waals surface area contributed by atoms with E-state index in [2.05, 4.69) is 12.2 Å². The molecule has 0 fully saturated rings. The summed E-state index contributed by atoms with van der Waals surface area (Å²) in [6.45, 7) is 2.97. The highest BCUT2D eigenvalue weighted by Crippen LogP contribution is 2.32. The van der Waals surface area contributed by atoms with Gasteiger partial charge in [0.05, 0.1) is 5.56 Å². The van der Waals surface area contributed by atoms with Crippen LogP contribution in [0.4, 0.5) is 13.2 Å². The highest BCUT2D eigenvalue weighted by atomic mass is 19.4. The molecule has 100 valence electrons. The summed E-state index contributed by atoms with van der Waals surface area (Å²) in [7, 11) is 0. The molecule has 1 aliphatic carbocycles. The van der Waals surface area contributed by atoms with E-state index in [0.29, 0.717) is 6.04 Å². The number of nitrogens with one attached hydrogen (secondary N) is 1. The summed E-state index contributed by atoms with van der Waals surface area (Å²) in [6, 6.07) is 4.60. The molecule has 0 aliphatic heterocycles. The van der Waals surface area contributed by atoms with Gasteiger partial charge in [-0.2, -0.15) is 13.2 Å². The van der Waals surface area contributed by atoms with Gasteiger partial charge in [0.1, 0.15) is 0 Å². The first-order chi connectivity index (χ1) is 8.50. The zero-order chi connectivity index (χ0) is 13.2. The van der Waals surface area contributed by atoms with Crippen LogP contribution >= 0.6 is 0 Å². The van der Waals surface area contributed by atoms with E-state index in [-0.39, 0.29) is 0 Å². The van der Waals surface area contributed by atoms with E-state index >= 15 is 0 Å². The van der Waals surface area contributed by atoms with Gasteiger partial charge in [0.25, 0.3) is 0 Å². The van der Waals surface area contributed by atoms with Gasteiger partial charge < -0.3 is 5.32 Å². The van der Waals surface area contributed by atoms with Crippen molar-refractivity contribution in [2.24, 2.45) is 0 Å². The molecule has 0 aromatic heterocycles. The number of hydrogen-bond acceptors (Lipinski definition) is 1. The standard InChI is InChI=1S/C14H18F3N/c1-2-18-13-7-4-10-3-6-12(14(15,16)17)9-11(10)5-8-13/h3,6,9,13,18H,2,4-5,7-8H2,1H3. The Hall–Kier alpha value is -1.03. The Bertz CT molecular complexity index is 412. The summed E-state index contributed by atoms with van der Waals surface area (Å²) >= 11 is 0. The van der Waals surface area contributed by atoms with Crippen molar-refractivity contribution in [1.82, 2.24) is 5.32 Å². The summed E-state index contributed by atoms with van der Waals surface area (Å²) in [5, 5.41) is 3.38. The number of fused-ring (bicyclic) bond motifs is 1. The lowest BCUT2D eigenvalue weighted by Gasteiger charge is -2.13. The van der Waals surface area contributed by atoms with Gasteiger partial charge in [-0.1, -0.05) is 13.0 Å². The molecular formula is C14H18F3N. The Balaban J connectivity index is 2.18. The molecule has 0 bridgehead atoms. The maximum absolute atomic E-state index is 12.6. The van der Waals surface area contributed by atoms with Gasteiger partial charge in [-0.05, 0) is 55.5 Å². The second kappa shape index (κ2) is 5.31. The van der Waals surface area contributed by atoms with Crippen molar-refractivity contribution in [2.45, 2.75) is 44.8 Å². The number of benzene rings is 1. The van der Waals surface area contributed by atoms with Gasteiger partial charge in [-0.3, -0.25) is 0 Å². The van der Waals surface area contributed by atoms with Crippen molar-refractivity contribution in [3.05, 3.63) is 34.9 Å². The van der Waals surface area contributed by atoms with E-state index in [0.717, 1.165) is 43.4 Å². The summed E-state index contributed by atoms with van der Waals surface area (Å²) in [5.41, 5.74) is 1.41. The Labute approximate surface area is 105 Å². The quantitative estimate of drug-likeness (QED) is 0.799. The number of hydrogen-bond donors (Lipinski definition) is 1. The van der Waals surface area contributed by atoms with Crippen LogP contribution in [0.3, 0.4) is 0 Å². The lowest BCUT2D eigenvalue weighted by Crippen LogP contribution is -2.28. The second-order valence-corrected chi connectivity index (χ2v) is 4.81. The zero-order valence-corrected chi connectivity index (χ0v) is 10.5. The molecule has 4 heteroatoms. The zero-order valence-electron chi connectivity index (χ0n) is 10.5. The lowest BCUT2D eigenvalue weighted by atomic mass is 10.00. The first-order valence-corrected chi connectivity index (χ1v) is 6.43. The van der Waals surface area contributed by atoms with Crippen LogP contribution in [-0.2, 0) is 19.0 Å². The number of alkyl halides is 3. The third-order valence-corrected chi connectivity index (χ3v) is 3.55. The van der Waals surface area contributed by atoms with E-state index in [4.69, 9.17) is 0 Å². The van der Waals surface area contributed by atoms with Crippen molar-refractivity contribution >= 4 is 0 Å². The fourth-order valence-corrected chi connectivity index (χ4v) is 2.58. The summed E-state index contributed by atoms with van der Waals surface area (Å²) < 4.78 is 37.9. The second-order valence-electron chi connectivity index (χ2n) is 4.81. The van der Waals surface area contributed by atoms with E-state index in [9.17, 15) is 13.2 Å². The van der Waals surface area contributed by atoms with Crippen LogP contribution in [0, 0.1) is 0 Å². The van der Waals surface area contributed by atoms with Crippen molar-refractivity contribution in [1.29, 1.82) is 0 Å². The molecule has 1 aliphatic rings. The van der Waals surface area contributed by atoms with Gasteiger partial charge in [-0.25, -0.2) is 0 Å². The average Bonchev–Trinajstić information content (AvgIpc) is 2.51. The SMILES string of the molecule is CCNC1CCc2ccc(C(F)(F)F)cc2CC1. The van der Waals surface area contributed by atoms with Crippen molar-refractivity contribution < 1.29 is 13.2 Å². The normalized spacial score (nSPS) is 20.3. The Morgan fingerprint density at radius 1 is 1.17 bits per heavy atom. The molecule has 1 atom stereocenters. The number of rotatable bonds is 2. The van der Waals surface area contributed by atoms with Crippen LogP contribution in [0.1, 0.15) is 36.5 Å². The molecular weight excluding hydrogens is 239 g/mol. The van der Waals surface area contributed by atoms with E-state index in [1.54, 1.807) is 6.07 Å². The fraction of sp³-hybridized carbons (Fsp3) is 0.571. The van der Waals surface area contributed by atoms with Gasteiger partial charge in [0, 0.05) is 6.04 Å². The largest absolute Gasteiger partial charge is 0.416 e. The van der Waals surface area contributed by atoms with Gasteiger partial charge in [-0.15, -0.1) is 0 Å². The maximum Gasteiger partial charge on any atom is 0.416 e. The first kappa shape index (κ1) is 13.4. The van der Waals surface area contributed by atoms with Gasteiger partial charge in [0.15, 0.2) is 0 Å². The topological polar surface area (TPSA) is 12.0 Å². The third-order valence-electron chi connectivity index (χ3n) is 3.55. The maximum atomic E-state index is 12.6. The van der Waals surface area contributed by atoms with Crippen molar-refractivity contribution in [2.75, 3.05) is 6.54 Å². The molecule has 0 spiro atoms. The molecule has 1 aromatic carbocycles. The molecule has 0 saturated heterocycles. The Kier molecular flexibility index (Phi) is 3.95. The number of aryl methyl sites for hydroxylation is 2. The summed E-state index contributed by atoms with van der Waals surface area (Å²) in [5.74, 6) is 0. The fourth-order valence-electron chi connectivity index (χ4n) is 2.58. The van der Waals surface area contributed by atoms with Crippen LogP contribution in [0.2, 0.25) is 0 Å². The highest BCUT2D eigenvalue weighted by molar-refractivity contribution is 5.34. The van der Waals surface area contributed by atoms with E-state index in [1.807, 2.05) is 0 Å². The van der Waals surface area contributed by atoms with Crippen LogP contribution in [-0.4, -0.2) is 12.6 Å². The lowest BCUT2D eigenvalue weighted by molar-refractivity contribution is -0.137. The van der Waals surface area contributed by atoms with Crippen LogP contribution < -0.4 is 5.32 Å². The predicted molar refractivity (Wildman–Crippen MR) is 65.6 cm³/mol. The van der Waals surface area contributed by atoms with E-state index < -0.39 is 11.7 Å². The minimum Gasteiger partial charge on any atom is -0.314 e. The molecule has 1 unspecified atom stereocenters. The smallest absolute Gasteiger partial charge is 0.314 e. The van der Waals surface area contributed by atoms with Crippen LogP contribution in [0.5, 0.6) is 0 Å². The monoisotopic (exact) mass is 257 g/mol. The molecule has 1 nitrogen and oxygen atoms in total. The van der Waals surface area contributed by atoms with Crippen LogP contribution in [0.25, 0.3) is 0 Å². The molecule has 0 saturated carbocycles. The Morgan fingerprint density at radius 3 is 2.44 bits per heavy atom. The molecule has 0 heterocycles. The minimum absolute atomic E-state index is 0.428. The van der Waals surface area contributed by atoms with Crippen LogP contribution in [0.15, 0.2) is 18.2 Å². The molecule has 0 radical (unpaired) electrons. The van der Waals surface area contributed by atoms with Gasteiger partial charge >= 0.3 is 6.18 Å². The third kappa shape index (κ3) is 3.05. The summed E-state index contributed by atoms with van der Waals surface area (Å²) in [4.78, 5) is 0. The molecule has 18 heavy (non-hydrogen) atoms. The van der Waals surface area contributed by atoms with Crippen molar-refractivity contribution in [3.63, 3.8) is 0 Å². The van der Waals surface area contributed by atoms with E-state index in [1.165, 1.54) is 12.1 Å². The highest BCUT2D eigenvalue weighted by Gasteiger charge is 2.31. The molecule has 1 aromatic rings. The van der Waals surface area contributed by atoms with Crippen molar-refractivity contribution in [3.8, 4) is 0 Å².